The van der Waals surface area contributed by atoms with E-state index in [1.54, 1.807) is 13.8 Å². The molecule has 0 heterocycles. The normalized spacial score (nSPS) is 14.5. The zero-order valence-electron chi connectivity index (χ0n) is 19.5. The van der Waals surface area contributed by atoms with Gasteiger partial charge in [0.2, 0.25) is 0 Å². The van der Waals surface area contributed by atoms with Crippen LogP contribution in [0.4, 0.5) is 0 Å². The van der Waals surface area contributed by atoms with Gasteiger partial charge < -0.3 is 25.8 Å². The second kappa shape index (κ2) is 15.6. The summed E-state index contributed by atoms with van der Waals surface area (Å²) in [6, 6.07) is 0. The van der Waals surface area contributed by atoms with E-state index in [0.717, 1.165) is 25.7 Å². The van der Waals surface area contributed by atoms with Gasteiger partial charge in [0.15, 0.2) is 0 Å². The number of rotatable bonds is 17. The predicted molar refractivity (Wildman–Crippen MR) is 116 cm³/mol. The lowest BCUT2D eigenvalue weighted by molar-refractivity contribution is -0.177. The molecule has 0 rings (SSSR count). The fraction of sp³-hybridized carbons (Fsp3) is 0.818. The molecule has 2 unspecified atom stereocenters. The van der Waals surface area contributed by atoms with Crippen molar-refractivity contribution in [1.82, 2.24) is 6.15 Å². The Kier molecular flexibility index (Phi) is 15.6. The Hall–Kier alpha value is -2.16. The molecule has 0 amide bonds. The summed E-state index contributed by atoms with van der Waals surface area (Å²) in [5, 5.41) is 17.4. The molecule has 0 aliphatic rings. The summed E-state index contributed by atoms with van der Waals surface area (Å²) >= 11 is 0. The number of hydrogen-bond donors (Lipinski definition) is 3. The fourth-order valence-corrected chi connectivity index (χ4v) is 3.87. The van der Waals surface area contributed by atoms with Gasteiger partial charge in [-0.15, -0.1) is 0 Å². The average Bonchev–Trinajstić information content (AvgIpc) is 2.70. The fourth-order valence-electron chi connectivity index (χ4n) is 3.87. The van der Waals surface area contributed by atoms with Gasteiger partial charge in [0, 0.05) is 12.8 Å². The first kappa shape index (κ1) is 31.0. The molecule has 0 aromatic rings. The Bertz CT molecular complexity index is 530. The molecule has 0 aromatic carbocycles. The van der Waals surface area contributed by atoms with E-state index in [4.69, 9.17) is 19.7 Å². The lowest BCUT2D eigenvalue weighted by atomic mass is 9.60. The van der Waals surface area contributed by atoms with Gasteiger partial charge in [0.25, 0.3) is 0 Å². The zero-order valence-corrected chi connectivity index (χ0v) is 19.5. The van der Waals surface area contributed by atoms with E-state index in [0.29, 0.717) is 38.5 Å². The van der Waals surface area contributed by atoms with Gasteiger partial charge in [-0.1, -0.05) is 38.5 Å². The molecule has 0 radical (unpaired) electrons. The maximum absolute atomic E-state index is 12.7. The van der Waals surface area contributed by atoms with Crippen LogP contribution in [0.25, 0.3) is 0 Å². The Morgan fingerprint density at radius 2 is 0.903 bits per heavy atom. The van der Waals surface area contributed by atoms with Gasteiger partial charge in [0.1, 0.15) is 0 Å². The highest BCUT2D eigenvalue weighted by molar-refractivity contribution is 5.87. The molecule has 0 spiro atoms. The molecule has 0 fully saturated rings. The largest absolute Gasteiger partial charge is 0.481 e. The second-order valence-corrected chi connectivity index (χ2v) is 8.26. The van der Waals surface area contributed by atoms with E-state index in [1.807, 2.05) is 0 Å². The number of esters is 2. The van der Waals surface area contributed by atoms with Gasteiger partial charge in [-0.25, -0.2) is 0 Å². The highest BCUT2D eigenvalue weighted by atomic mass is 16.5. The molecule has 0 bridgehead atoms. The molecule has 5 N–H and O–H groups in total. The van der Waals surface area contributed by atoms with Crippen LogP contribution in [0.5, 0.6) is 0 Å². The quantitative estimate of drug-likeness (QED) is 0.217. The molecule has 2 atom stereocenters. The van der Waals surface area contributed by atoms with Gasteiger partial charge in [0.05, 0.1) is 25.0 Å². The standard InChI is InChI=1S/C22H38O8.H3N/c1-21(19(27)29-3,15-11-7-5-9-13-17(23)24)22(2,20(28)30-4)16-12-8-6-10-14-18(25)26;/h5-16H2,1-4H3,(H,23,24)(H,25,26);1H3. The van der Waals surface area contributed by atoms with Gasteiger partial charge in [-0.05, 0) is 39.5 Å². The zero-order chi connectivity index (χ0) is 23.2. The molecule has 0 aliphatic heterocycles. The smallest absolute Gasteiger partial charge is 0.312 e. The lowest BCUT2D eigenvalue weighted by Gasteiger charge is -2.42. The van der Waals surface area contributed by atoms with Crippen molar-refractivity contribution in [3.05, 3.63) is 0 Å². The molecule has 31 heavy (non-hydrogen) atoms. The van der Waals surface area contributed by atoms with Gasteiger partial charge >= 0.3 is 23.9 Å². The minimum Gasteiger partial charge on any atom is -0.481 e. The lowest BCUT2D eigenvalue weighted by Crippen LogP contribution is -2.50. The van der Waals surface area contributed by atoms with Crippen LogP contribution in [0, 0.1) is 10.8 Å². The minimum absolute atomic E-state index is 0. The SMILES string of the molecule is COC(=O)C(C)(CCCCCCC(=O)O)C(C)(CCCCCCC(=O)O)C(=O)OC.N. The van der Waals surface area contributed by atoms with Crippen molar-refractivity contribution < 1.29 is 38.9 Å². The molecule has 0 aromatic heterocycles. The molecule has 0 saturated carbocycles. The molecular weight excluding hydrogens is 406 g/mol. The van der Waals surface area contributed by atoms with Crippen LogP contribution in [0.1, 0.15) is 90.9 Å². The number of unbranched alkanes of at least 4 members (excludes halogenated alkanes) is 6. The van der Waals surface area contributed by atoms with Crippen LogP contribution in [0.2, 0.25) is 0 Å². The molecule has 9 heteroatoms. The molecule has 0 saturated heterocycles. The molecule has 9 nitrogen and oxygen atoms in total. The van der Waals surface area contributed by atoms with Crippen LogP contribution < -0.4 is 6.15 Å². The second-order valence-electron chi connectivity index (χ2n) is 8.26. The first-order valence-corrected chi connectivity index (χ1v) is 10.7. The molecule has 0 aliphatic carbocycles. The number of carboxylic acid groups (broad SMARTS) is 2. The summed E-state index contributed by atoms with van der Waals surface area (Å²) in [6.07, 6.45) is 6.57. The van der Waals surface area contributed by atoms with Crippen molar-refractivity contribution in [1.29, 1.82) is 0 Å². The van der Waals surface area contributed by atoms with Crippen molar-refractivity contribution >= 4 is 23.9 Å². The average molecular weight is 448 g/mol. The Balaban J connectivity index is 0. The number of carbonyl (C=O) groups excluding carboxylic acids is 2. The van der Waals surface area contributed by atoms with Crippen LogP contribution in [-0.4, -0.2) is 48.3 Å². The topological polar surface area (TPSA) is 162 Å². The summed E-state index contributed by atoms with van der Waals surface area (Å²) < 4.78 is 10.1. The van der Waals surface area contributed by atoms with Crippen LogP contribution in [-0.2, 0) is 28.7 Å². The monoisotopic (exact) mass is 447 g/mol. The maximum atomic E-state index is 12.7. The van der Waals surface area contributed by atoms with E-state index in [1.165, 1.54) is 14.2 Å². The minimum atomic E-state index is -1.08. The van der Waals surface area contributed by atoms with Gasteiger partial charge in [-0.2, -0.15) is 0 Å². The number of aliphatic carboxylic acids is 2. The molecule has 182 valence electrons. The Labute approximate surface area is 185 Å². The van der Waals surface area contributed by atoms with Crippen molar-refractivity contribution in [2.45, 2.75) is 90.9 Å². The number of carboxylic acids is 2. The third kappa shape index (κ3) is 10.1. The third-order valence-corrected chi connectivity index (χ3v) is 6.12. The highest BCUT2D eigenvalue weighted by Crippen LogP contribution is 2.48. The summed E-state index contributed by atoms with van der Waals surface area (Å²) in [5.74, 6) is -2.58. The predicted octanol–water partition coefficient (Wildman–Crippen LogP) is 4.36. The first-order valence-electron chi connectivity index (χ1n) is 10.7. The number of methoxy groups -OCH3 is 2. The highest BCUT2D eigenvalue weighted by Gasteiger charge is 2.55. The number of hydrogen-bond acceptors (Lipinski definition) is 7. The Morgan fingerprint density at radius 1 is 0.613 bits per heavy atom. The first-order chi connectivity index (χ1) is 14.0. The summed E-state index contributed by atoms with van der Waals surface area (Å²) in [6.45, 7) is 3.47. The van der Waals surface area contributed by atoms with Crippen molar-refractivity contribution in [3.8, 4) is 0 Å². The van der Waals surface area contributed by atoms with Crippen molar-refractivity contribution in [2.75, 3.05) is 14.2 Å². The summed E-state index contributed by atoms with van der Waals surface area (Å²) in [7, 11) is 2.61. The third-order valence-electron chi connectivity index (χ3n) is 6.12. The van der Waals surface area contributed by atoms with Gasteiger partial charge in [-0.3, -0.25) is 19.2 Å². The van der Waals surface area contributed by atoms with E-state index in [2.05, 4.69) is 0 Å². The van der Waals surface area contributed by atoms with Crippen molar-refractivity contribution in [3.63, 3.8) is 0 Å². The van der Waals surface area contributed by atoms with E-state index in [-0.39, 0.29) is 19.0 Å². The Morgan fingerprint density at radius 3 is 1.16 bits per heavy atom. The van der Waals surface area contributed by atoms with Crippen LogP contribution >= 0.6 is 0 Å². The van der Waals surface area contributed by atoms with E-state index < -0.39 is 34.7 Å². The molecular formula is C22H41NO8. The van der Waals surface area contributed by atoms with Crippen LogP contribution in [0.15, 0.2) is 0 Å². The maximum Gasteiger partial charge on any atom is 0.312 e. The van der Waals surface area contributed by atoms with E-state index >= 15 is 0 Å². The number of carbonyl (C=O) groups is 4. The van der Waals surface area contributed by atoms with Crippen molar-refractivity contribution in [2.24, 2.45) is 10.8 Å². The van der Waals surface area contributed by atoms with Crippen LogP contribution in [0.3, 0.4) is 0 Å². The van der Waals surface area contributed by atoms with E-state index in [9.17, 15) is 19.2 Å². The number of ether oxygens (including phenoxy) is 2. The summed E-state index contributed by atoms with van der Waals surface area (Å²) in [5.41, 5.74) is -2.16. The summed E-state index contributed by atoms with van der Waals surface area (Å²) in [4.78, 5) is 46.7.